The highest BCUT2D eigenvalue weighted by Gasteiger charge is 2.07. The fraction of sp³-hybridized carbons (Fsp3) is 0.308. The van der Waals surface area contributed by atoms with Gasteiger partial charge in [-0.25, -0.2) is 9.37 Å². The summed E-state index contributed by atoms with van der Waals surface area (Å²) in [6.07, 6.45) is 5.53. The summed E-state index contributed by atoms with van der Waals surface area (Å²) in [7, 11) is 0. The second-order valence-electron chi connectivity index (χ2n) is 3.96. The van der Waals surface area contributed by atoms with Crippen LogP contribution in [0.2, 0.25) is 5.02 Å². The molecule has 0 unspecified atom stereocenters. The Balaban J connectivity index is 2.25. The maximum atomic E-state index is 13.6. The van der Waals surface area contributed by atoms with Crippen LogP contribution in [-0.4, -0.2) is 9.55 Å². The van der Waals surface area contributed by atoms with Crippen molar-refractivity contribution < 1.29 is 4.39 Å². The number of benzene rings is 1. The molecule has 0 atom stereocenters. The molecule has 1 heterocycles. The number of nitrogens with zero attached hydrogens (tertiary/aromatic N) is 2. The molecule has 0 N–H and O–H groups in total. The van der Waals surface area contributed by atoms with Crippen molar-refractivity contribution in [3.8, 4) is 0 Å². The lowest BCUT2D eigenvalue weighted by atomic mass is 10.2. The van der Waals surface area contributed by atoms with Crippen LogP contribution in [0.1, 0.15) is 24.7 Å². The third-order valence-corrected chi connectivity index (χ3v) is 2.86. The number of hydrogen-bond acceptors (Lipinski definition) is 1. The summed E-state index contributed by atoms with van der Waals surface area (Å²) < 4.78 is 15.5. The highest BCUT2D eigenvalue weighted by molar-refractivity contribution is 6.30. The molecule has 2 aromatic rings. The summed E-state index contributed by atoms with van der Waals surface area (Å²) in [6, 6.07) is 4.61. The molecule has 0 radical (unpaired) electrons. The van der Waals surface area contributed by atoms with Gasteiger partial charge in [0.1, 0.15) is 11.6 Å². The number of hydrogen-bond donors (Lipinski definition) is 0. The lowest BCUT2D eigenvalue weighted by Gasteiger charge is -2.08. The summed E-state index contributed by atoms with van der Waals surface area (Å²) >= 11 is 5.87. The van der Waals surface area contributed by atoms with E-state index in [1.165, 1.54) is 6.07 Å². The fourth-order valence-electron chi connectivity index (χ4n) is 1.78. The summed E-state index contributed by atoms with van der Waals surface area (Å²) in [5.74, 6) is 0.748. The van der Waals surface area contributed by atoms with Gasteiger partial charge in [-0.2, -0.15) is 0 Å². The highest BCUT2D eigenvalue weighted by Crippen LogP contribution is 2.16. The first kappa shape index (κ1) is 12.1. The van der Waals surface area contributed by atoms with Gasteiger partial charge in [0.25, 0.3) is 0 Å². The maximum Gasteiger partial charge on any atom is 0.128 e. The maximum absolute atomic E-state index is 13.6. The molecule has 1 aromatic heterocycles. The largest absolute Gasteiger partial charge is 0.330 e. The number of rotatable bonds is 4. The molecule has 0 saturated carbocycles. The first-order chi connectivity index (χ1) is 8.20. The number of aryl methyl sites for hydroxylation is 1. The molecular weight excluding hydrogens is 239 g/mol. The van der Waals surface area contributed by atoms with E-state index in [-0.39, 0.29) is 5.82 Å². The summed E-state index contributed by atoms with van der Waals surface area (Å²) in [5, 5.41) is 0.554. The Morgan fingerprint density at radius 1 is 1.41 bits per heavy atom. The van der Waals surface area contributed by atoms with Crippen molar-refractivity contribution in [3.63, 3.8) is 0 Å². The Morgan fingerprint density at radius 3 is 3.00 bits per heavy atom. The molecule has 2 rings (SSSR count). The molecule has 0 saturated heterocycles. The Labute approximate surface area is 105 Å². The third kappa shape index (κ3) is 2.86. The third-order valence-electron chi connectivity index (χ3n) is 2.62. The summed E-state index contributed by atoms with van der Waals surface area (Å²) in [6.45, 7) is 2.57. The number of aromatic nitrogens is 2. The highest BCUT2D eigenvalue weighted by atomic mass is 35.5. The molecule has 2 nitrogen and oxygen atoms in total. The summed E-state index contributed by atoms with van der Waals surface area (Å²) in [5.41, 5.74) is 0.591. The van der Waals surface area contributed by atoms with Gasteiger partial charge in [0.05, 0.1) is 6.54 Å². The quantitative estimate of drug-likeness (QED) is 0.812. The lowest BCUT2D eigenvalue weighted by Crippen LogP contribution is -2.05. The van der Waals surface area contributed by atoms with Crippen LogP contribution in [0.15, 0.2) is 30.6 Å². The van der Waals surface area contributed by atoms with E-state index < -0.39 is 0 Å². The molecule has 0 fully saturated rings. The zero-order valence-corrected chi connectivity index (χ0v) is 10.4. The van der Waals surface area contributed by atoms with Gasteiger partial charge < -0.3 is 4.57 Å². The number of halogens is 2. The van der Waals surface area contributed by atoms with Gasteiger partial charge in [-0.15, -0.1) is 0 Å². The SMILES string of the molecule is CCCc1nccn1Cc1cc(Cl)ccc1F. The van der Waals surface area contributed by atoms with Gasteiger partial charge in [-0.05, 0) is 24.6 Å². The monoisotopic (exact) mass is 252 g/mol. The predicted molar refractivity (Wildman–Crippen MR) is 66.7 cm³/mol. The molecular formula is C13H14ClFN2. The van der Waals surface area contributed by atoms with Crippen LogP contribution < -0.4 is 0 Å². The van der Waals surface area contributed by atoms with Gasteiger partial charge in [0, 0.05) is 29.4 Å². The topological polar surface area (TPSA) is 17.8 Å². The lowest BCUT2D eigenvalue weighted by molar-refractivity contribution is 0.593. The van der Waals surface area contributed by atoms with Crippen LogP contribution in [-0.2, 0) is 13.0 Å². The number of imidazole rings is 1. The van der Waals surface area contributed by atoms with Crippen LogP contribution in [0.25, 0.3) is 0 Å². The first-order valence-corrected chi connectivity index (χ1v) is 6.02. The van der Waals surface area contributed by atoms with Gasteiger partial charge in [0.2, 0.25) is 0 Å². The van der Waals surface area contributed by atoms with Crippen molar-refractivity contribution in [2.75, 3.05) is 0 Å². The van der Waals surface area contributed by atoms with E-state index >= 15 is 0 Å². The van der Waals surface area contributed by atoms with E-state index in [1.807, 2.05) is 10.8 Å². The normalized spacial score (nSPS) is 10.8. The molecule has 0 amide bonds. The Kier molecular flexibility index (Phi) is 3.79. The Hall–Kier alpha value is -1.35. The van der Waals surface area contributed by atoms with E-state index in [0.717, 1.165) is 18.7 Å². The van der Waals surface area contributed by atoms with Crippen LogP contribution in [0.4, 0.5) is 4.39 Å². The average Bonchev–Trinajstić information content (AvgIpc) is 2.72. The van der Waals surface area contributed by atoms with E-state index in [0.29, 0.717) is 17.1 Å². The van der Waals surface area contributed by atoms with Crippen molar-refractivity contribution in [2.24, 2.45) is 0 Å². The van der Waals surface area contributed by atoms with Crippen molar-refractivity contribution in [3.05, 3.63) is 52.8 Å². The molecule has 0 spiro atoms. The van der Waals surface area contributed by atoms with Crippen molar-refractivity contribution >= 4 is 11.6 Å². The predicted octanol–water partition coefficient (Wildman–Crippen LogP) is 3.68. The van der Waals surface area contributed by atoms with Crippen molar-refractivity contribution in [1.29, 1.82) is 0 Å². The molecule has 0 bridgehead atoms. The van der Waals surface area contributed by atoms with E-state index in [1.54, 1.807) is 18.3 Å². The van der Waals surface area contributed by atoms with E-state index in [4.69, 9.17) is 11.6 Å². The van der Waals surface area contributed by atoms with Crippen LogP contribution in [0.5, 0.6) is 0 Å². The van der Waals surface area contributed by atoms with E-state index in [9.17, 15) is 4.39 Å². The van der Waals surface area contributed by atoms with Crippen LogP contribution in [0.3, 0.4) is 0 Å². The molecule has 1 aromatic carbocycles. The minimum Gasteiger partial charge on any atom is -0.330 e. The van der Waals surface area contributed by atoms with Crippen LogP contribution >= 0.6 is 11.6 Å². The van der Waals surface area contributed by atoms with Crippen molar-refractivity contribution in [1.82, 2.24) is 9.55 Å². The van der Waals surface area contributed by atoms with Crippen LogP contribution in [0, 0.1) is 5.82 Å². The van der Waals surface area contributed by atoms with Crippen molar-refractivity contribution in [2.45, 2.75) is 26.3 Å². The molecule has 0 aliphatic carbocycles. The average molecular weight is 253 g/mol. The van der Waals surface area contributed by atoms with E-state index in [2.05, 4.69) is 11.9 Å². The second-order valence-corrected chi connectivity index (χ2v) is 4.39. The Morgan fingerprint density at radius 2 is 2.24 bits per heavy atom. The zero-order valence-electron chi connectivity index (χ0n) is 9.66. The Bertz CT molecular complexity index is 508. The van der Waals surface area contributed by atoms with Gasteiger partial charge >= 0.3 is 0 Å². The molecule has 90 valence electrons. The first-order valence-electron chi connectivity index (χ1n) is 5.64. The van der Waals surface area contributed by atoms with Gasteiger partial charge in [-0.1, -0.05) is 18.5 Å². The van der Waals surface area contributed by atoms with Gasteiger partial charge in [-0.3, -0.25) is 0 Å². The standard InChI is InChI=1S/C13H14ClFN2/c1-2-3-13-16-6-7-17(13)9-10-8-11(14)4-5-12(10)15/h4-8H,2-3,9H2,1H3. The second kappa shape index (κ2) is 5.32. The molecule has 0 aliphatic rings. The molecule has 4 heteroatoms. The zero-order chi connectivity index (χ0) is 12.3. The molecule has 17 heavy (non-hydrogen) atoms. The minimum atomic E-state index is -0.231. The summed E-state index contributed by atoms with van der Waals surface area (Å²) in [4.78, 5) is 4.26. The minimum absolute atomic E-state index is 0.231. The van der Waals surface area contributed by atoms with Gasteiger partial charge in [0.15, 0.2) is 0 Å². The fourth-order valence-corrected chi connectivity index (χ4v) is 1.98. The molecule has 0 aliphatic heterocycles. The smallest absolute Gasteiger partial charge is 0.128 e.